The highest BCUT2D eigenvalue weighted by molar-refractivity contribution is 5.30. The molecule has 0 aromatic carbocycles. The number of aryl methyl sites for hydroxylation is 2. The minimum Gasteiger partial charge on any atom is -0.481 e. The average molecular weight is 294 g/mol. The molecule has 0 aliphatic carbocycles. The molecule has 5 heteroatoms. The molecular formula is C16H30N4O. The van der Waals surface area contributed by atoms with Gasteiger partial charge in [0.25, 0.3) is 0 Å². The summed E-state index contributed by atoms with van der Waals surface area (Å²) in [5.74, 6) is 1.72. The predicted octanol–water partition coefficient (Wildman–Crippen LogP) is 1.95. The van der Waals surface area contributed by atoms with Crippen molar-refractivity contribution in [2.24, 2.45) is 13.0 Å². The fourth-order valence-electron chi connectivity index (χ4n) is 3.32. The van der Waals surface area contributed by atoms with Gasteiger partial charge in [0, 0.05) is 20.1 Å². The van der Waals surface area contributed by atoms with Gasteiger partial charge in [0.05, 0.1) is 18.4 Å². The molecule has 1 aliphatic rings. The second-order valence-corrected chi connectivity index (χ2v) is 6.13. The molecule has 120 valence electrons. The largest absolute Gasteiger partial charge is 0.481 e. The third-order valence-corrected chi connectivity index (χ3v) is 4.38. The number of piperidine rings is 1. The zero-order valence-electron chi connectivity index (χ0n) is 14.0. The molecule has 0 saturated carbocycles. The van der Waals surface area contributed by atoms with E-state index in [1.807, 2.05) is 11.7 Å². The van der Waals surface area contributed by atoms with Gasteiger partial charge in [0.15, 0.2) is 0 Å². The van der Waals surface area contributed by atoms with Crippen molar-refractivity contribution in [2.75, 3.05) is 33.3 Å². The van der Waals surface area contributed by atoms with Gasteiger partial charge in [0.1, 0.15) is 0 Å². The molecule has 1 fully saturated rings. The summed E-state index contributed by atoms with van der Waals surface area (Å²) in [6.45, 7) is 9.93. The van der Waals surface area contributed by atoms with Crippen molar-refractivity contribution < 1.29 is 4.74 Å². The molecule has 2 rings (SSSR count). The van der Waals surface area contributed by atoms with Crippen LogP contribution in [0.15, 0.2) is 0 Å². The van der Waals surface area contributed by atoms with Gasteiger partial charge < -0.3 is 10.1 Å². The maximum Gasteiger partial charge on any atom is 0.216 e. The summed E-state index contributed by atoms with van der Waals surface area (Å²) < 4.78 is 7.38. The SMILES string of the molecule is CCCN(Cc1c(C)nn(C)c1OC)CC1CCNCC1. The normalized spacial score (nSPS) is 16.6. The molecule has 0 unspecified atom stereocenters. The highest BCUT2D eigenvalue weighted by Gasteiger charge is 2.20. The van der Waals surface area contributed by atoms with E-state index in [1.54, 1.807) is 7.11 Å². The van der Waals surface area contributed by atoms with E-state index < -0.39 is 0 Å². The Balaban J connectivity index is 2.04. The van der Waals surface area contributed by atoms with Crippen LogP contribution in [0.4, 0.5) is 0 Å². The van der Waals surface area contributed by atoms with Crippen molar-refractivity contribution in [1.82, 2.24) is 20.0 Å². The molecule has 0 atom stereocenters. The average Bonchev–Trinajstić information content (AvgIpc) is 2.74. The van der Waals surface area contributed by atoms with Gasteiger partial charge in [-0.2, -0.15) is 5.10 Å². The standard InChI is InChI=1S/C16H30N4O/c1-5-10-20(11-14-6-8-17-9-7-14)12-15-13(2)18-19(3)16(15)21-4/h14,17H,5-12H2,1-4H3. The van der Waals surface area contributed by atoms with E-state index in [2.05, 4.69) is 29.2 Å². The number of nitrogens with one attached hydrogen (secondary N) is 1. The number of hydrogen-bond donors (Lipinski definition) is 1. The summed E-state index contributed by atoms with van der Waals surface area (Å²) in [5.41, 5.74) is 2.32. The Kier molecular flexibility index (Phi) is 6.06. The van der Waals surface area contributed by atoms with Crippen LogP contribution in [0.3, 0.4) is 0 Å². The van der Waals surface area contributed by atoms with Gasteiger partial charge in [0.2, 0.25) is 5.88 Å². The quantitative estimate of drug-likeness (QED) is 0.834. The second kappa shape index (κ2) is 7.80. The Morgan fingerprint density at radius 1 is 1.38 bits per heavy atom. The van der Waals surface area contributed by atoms with Crippen LogP contribution in [-0.4, -0.2) is 48.0 Å². The molecule has 1 N–H and O–H groups in total. The molecule has 1 aliphatic heterocycles. The van der Waals surface area contributed by atoms with Gasteiger partial charge in [-0.3, -0.25) is 4.90 Å². The van der Waals surface area contributed by atoms with E-state index in [-0.39, 0.29) is 0 Å². The molecule has 0 bridgehead atoms. The van der Waals surface area contributed by atoms with E-state index >= 15 is 0 Å². The van der Waals surface area contributed by atoms with Crippen molar-refractivity contribution in [1.29, 1.82) is 0 Å². The van der Waals surface area contributed by atoms with Gasteiger partial charge >= 0.3 is 0 Å². The van der Waals surface area contributed by atoms with Crippen LogP contribution in [0.1, 0.15) is 37.4 Å². The molecule has 1 aromatic heterocycles. The van der Waals surface area contributed by atoms with Crippen molar-refractivity contribution in [2.45, 2.75) is 39.7 Å². The van der Waals surface area contributed by atoms with Crippen molar-refractivity contribution in [3.8, 4) is 5.88 Å². The number of ether oxygens (including phenoxy) is 1. The first-order valence-corrected chi connectivity index (χ1v) is 8.15. The fourth-order valence-corrected chi connectivity index (χ4v) is 3.32. The molecule has 1 aromatic rings. The molecule has 0 amide bonds. The second-order valence-electron chi connectivity index (χ2n) is 6.13. The third-order valence-electron chi connectivity index (χ3n) is 4.38. The Morgan fingerprint density at radius 3 is 2.71 bits per heavy atom. The van der Waals surface area contributed by atoms with Crippen molar-refractivity contribution in [3.63, 3.8) is 0 Å². The topological polar surface area (TPSA) is 42.3 Å². The van der Waals surface area contributed by atoms with E-state index in [0.29, 0.717) is 0 Å². The monoisotopic (exact) mass is 294 g/mol. The lowest BCUT2D eigenvalue weighted by molar-refractivity contribution is 0.196. The first-order chi connectivity index (χ1) is 10.2. The van der Waals surface area contributed by atoms with Crippen LogP contribution in [0.25, 0.3) is 0 Å². The van der Waals surface area contributed by atoms with E-state index in [0.717, 1.165) is 30.6 Å². The Hall–Kier alpha value is -1.07. The maximum absolute atomic E-state index is 5.53. The van der Waals surface area contributed by atoms with E-state index in [1.165, 1.54) is 44.5 Å². The Morgan fingerprint density at radius 2 is 2.10 bits per heavy atom. The summed E-state index contributed by atoms with van der Waals surface area (Å²) >= 11 is 0. The molecule has 21 heavy (non-hydrogen) atoms. The van der Waals surface area contributed by atoms with E-state index in [4.69, 9.17) is 4.74 Å². The minimum absolute atomic E-state index is 0.820. The van der Waals surface area contributed by atoms with Crippen molar-refractivity contribution in [3.05, 3.63) is 11.3 Å². The van der Waals surface area contributed by atoms with Gasteiger partial charge in [-0.15, -0.1) is 0 Å². The molecule has 5 nitrogen and oxygen atoms in total. The summed E-state index contributed by atoms with van der Waals surface area (Å²) in [6.07, 6.45) is 3.78. The lowest BCUT2D eigenvalue weighted by Gasteiger charge is -2.30. The van der Waals surface area contributed by atoms with Crippen molar-refractivity contribution >= 4 is 0 Å². The summed E-state index contributed by atoms with van der Waals surface area (Å²) in [4.78, 5) is 2.57. The third kappa shape index (κ3) is 4.20. The Labute approximate surface area is 128 Å². The number of methoxy groups -OCH3 is 1. The van der Waals surface area contributed by atoms with Crippen LogP contribution in [0.5, 0.6) is 5.88 Å². The number of hydrogen-bond acceptors (Lipinski definition) is 4. The maximum atomic E-state index is 5.53. The van der Waals surface area contributed by atoms with Gasteiger partial charge in [-0.25, -0.2) is 4.68 Å². The molecule has 1 saturated heterocycles. The molecular weight excluding hydrogens is 264 g/mol. The van der Waals surface area contributed by atoms with Crippen LogP contribution in [0, 0.1) is 12.8 Å². The highest BCUT2D eigenvalue weighted by atomic mass is 16.5. The highest BCUT2D eigenvalue weighted by Crippen LogP contribution is 2.24. The van der Waals surface area contributed by atoms with Crippen LogP contribution in [0.2, 0.25) is 0 Å². The smallest absolute Gasteiger partial charge is 0.216 e. The molecule has 0 radical (unpaired) electrons. The first-order valence-electron chi connectivity index (χ1n) is 8.15. The predicted molar refractivity (Wildman–Crippen MR) is 85.7 cm³/mol. The number of aromatic nitrogens is 2. The zero-order chi connectivity index (χ0) is 15.2. The van der Waals surface area contributed by atoms with Gasteiger partial charge in [-0.05, 0) is 51.7 Å². The van der Waals surface area contributed by atoms with Crippen LogP contribution < -0.4 is 10.1 Å². The van der Waals surface area contributed by atoms with Gasteiger partial charge in [-0.1, -0.05) is 6.92 Å². The minimum atomic E-state index is 0.820. The molecule has 0 spiro atoms. The Bertz CT molecular complexity index is 438. The van der Waals surface area contributed by atoms with E-state index in [9.17, 15) is 0 Å². The lowest BCUT2D eigenvalue weighted by atomic mass is 9.97. The summed E-state index contributed by atoms with van der Waals surface area (Å²) in [7, 11) is 3.68. The number of rotatable bonds is 7. The number of nitrogens with zero attached hydrogens (tertiary/aromatic N) is 3. The summed E-state index contributed by atoms with van der Waals surface area (Å²) in [5, 5.41) is 7.95. The van der Waals surface area contributed by atoms with Crippen LogP contribution in [-0.2, 0) is 13.6 Å². The first kappa shape index (κ1) is 16.3. The molecule has 2 heterocycles. The fraction of sp³-hybridized carbons (Fsp3) is 0.812. The summed E-state index contributed by atoms with van der Waals surface area (Å²) in [6, 6.07) is 0. The zero-order valence-corrected chi connectivity index (χ0v) is 14.0. The van der Waals surface area contributed by atoms with Crippen LogP contribution >= 0.6 is 0 Å². The lowest BCUT2D eigenvalue weighted by Crippen LogP contribution is -2.36.